The Morgan fingerprint density at radius 1 is 0.643 bits per heavy atom. The Balaban J connectivity index is 1.97. The first-order chi connectivity index (χ1) is 19.5. The smallest absolute Gasteiger partial charge is 0.416 e. The predicted molar refractivity (Wildman–Crippen MR) is 148 cm³/mol. The zero-order valence-corrected chi connectivity index (χ0v) is 22.9. The molecule has 1 heterocycles. The van der Waals surface area contributed by atoms with Gasteiger partial charge in [0.1, 0.15) is 28.9 Å². The van der Waals surface area contributed by atoms with Gasteiger partial charge in [-0.05, 0) is 58.3 Å². The van der Waals surface area contributed by atoms with E-state index in [1.165, 1.54) is 13.2 Å². The third kappa shape index (κ3) is 5.15. The number of nitrogens with one attached hydrogen (secondary N) is 3. The van der Waals surface area contributed by atoms with Crippen LogP contribution in [0.5, 0.6) is 17.2 Å². The molecule has 0 amide bonds. The number of rotatable bonds is 4. The van der Waals surface area contributed by atoms with Crippen LogP contribution in [0, 0.1) is 10.8 Å². The molecule has 1 aliphatic heterocycles. The van der Waals surface area contributed by atoms with Crippen LogP contribution >= 0.6 is 0 Å². The van der Waals surface area contributed by atoms with Crippen LogP contribution in [0.2, 0.25) is 0 Å². The van der Waals surface area contributed by atoms with Gasteiger partial charge in [-0.2, -0.15) is 26.3 Å². The van der Waals surface area contributed by atoms with Gasteiger partial charge in [0, 0.05) is 28.1 Å². The molecule has 11 heteroatoms. The Labute approximate surface area is 237 Å². The summed E-state index contributed by atoms with van der Waals surface area (Å²) in [6, 6.07) is 12.9. The molecule has 3 N–H and O–H groups in total. The molecule has 0 aliphatic carbocycles. The lowest BCUT2D eigenvalue weighted by Gasteiger charge is -2.24. The topological polar surface area (TPSA) is 78.2 Å². The largest absolute Gasteiger partial charge is 0.497 e. The number of methoxy groups -OCH3 is 1. The second kappa shape index (κ2) is 9.78. The number of halogens is 6. The van der Waals surface area contributed by atoms with Crippen molar-refractivity contribution in [1.82, 2.24) is 5.32 Å². The number of fused-ring (bicyclic) bond motifs is 3. The van der Waals surface area contributed by atoms with Crippen LogP contribution in [-0.4, -0.2) is 18.8 Å². The van der Waals surface area contributed by atoms with Crippen molar-refractivity contribution in [2.24, 2.45) is 0 Å². The van der Waals surface area contributed by atoms with E-state index < -0.39 is 34.5 Å². The molecule has 5 nitrogen and oxygen atoms in total. The van der Waals surface area contributed by atoms with Gasteiger partial charge < -0.3 is 14.8 Å². The standard InChI is InChI=1S/C31H25F6N3O2/c1-29(2,3)16-8-9-21-22(13-16)26(42-20-7-5-6-19(14-20)41-4)23(25-24(21)27(38)40-28(25)39)15-10-17(30(32,33)34)12-18(11-15)31(35,36)37/h5-14H,1-4H3,(H3,38,39,40). The molecule has 0 fully saturated rings. The van der Waals surface area contributed by atoms with Gasteiger partial charge >= 0.3 is 12.4 Å². The third-order valence-corrected chi connectivity index (χ3v) is 7.01. The van der Waals surface area contributed by atoms with Gasteiger partial charge in [-0.3, -0.25) is 10.8 Å². The summed E-state index contributed by atoms with van der Waals surface area (Å²) >= 11 is 0. The highest BCUT2D eigenvalue weighted by atomic mass is 19.4. The zero-order valence-electron chi connectivity index (χ0n) is 22.9. The Kier molecular flexibility index (Phi) is 6.75. The summed E-state index contributed by atoms with van der Waals surface area (Å²) in [7, 11) is 1.44. The molecule has 1 aliphatic rings. The maximum atomic E-state index is 13.9. The fourth-order valence-corrected chi connectivity index (χ4v) is 4.95. The van der Waals surface area contributed by atoms with Crippen molar-refractivity contribution in [1.29, 1.82) is 10.8 Å². The molecule has 4 aromatic carbocycles. The molecule has 0 unspecified atom stereocenters. The second-order valence-electron chi connectivity index (χ2n) is 10.9. The highest BCUT2D eigenvalue weighted by molar-refractivity contribution is 6.31. The van der Waals surface area contributed by atoms with Gasteiger partial charge in [0.25, 0.3) is 0 Å². The molecule has 0 saturated heterocycles. The van der Waals surface area contributed by atoms with Crippen LogP contribution in [0.1, 0.15) is 48.6 Å². The Bertz CT molecular complexity index is 1740. The van der Waals surface area contributed by atoms with Crippen LogP contribution in [0.4, 0.5) is 26.3 Å². The number of benzene rings is 4. The maximum absolute atomic E-state index is 13.9. The number of hydrogen-bond acceptors (Lipinski definition) is 4. The number of alkyl halides is 6. The summed E-state index contributed by atoms with van der Waals surface area (Å²) in [5.74, 6) is -0.0103. The van der Waals surface area contributed by atoms with E-state index in [9.17, 15) is 26.3 Å². The van der Waals surface area contributed by atoms with Crippen LogP contribution in [0.25, 0.3) is 21.9 Å². The van der Waals surface area contributed by atoms with E-state index in [2.05, 4.69) is 5.32 Å². The summed E-state index contributed by atoms with van der Waals surface area (Å²) in [4.78, 5) is 0. The van der Waals surface area contributed by atoms with Crippen molar-refractivity contribution in [2.45, 2.75) is 38.5 Å². The molecule has 0 bridgehead atoms. The van der Waals surface area contributed by atoms with Crippen LogP contribution in [0.3, 0.4) is 0 Å². The number of hydrogen-bond donors (Lipinski definition) is 3. The second-order valence-corrected chi connectivity index (χ2v) is 10.9. The van der Waals surface area contributed by atoms with Crippen molar-refractivity contribution >= 4 is 22.4 Å². The van der Waals surface area contributed by atoms with E-state index in [-0.39, 0.29) is 45.9 Å². The molecular weight excluding hydrogens is 560 g/mol. The van der Waals surface area contributed by atoms with E-state index in [0.29, 0.717) is 28.7 Å². The number of ether oxygens (including phenoxy) is 2. The van der Waals surface area contributed by atoms with Gasteiger partial charge in [-0.15, -0.1) is 0 Å². The molecule has 0 spiro atoms. The molecule has 4 aromatic rings. The average Bonchev–Trinajstić information content (AvgIpc) is 3.20. The summed E-state index contributed by atoms with van der Waals surface area (Å²) in [5.41, 5.74) is -3.11. The average molecular weight is 586 g/mol. The van der Waals surface area contributed by atoms with E-state index in [4.69, 9.17) is 20.3 Å². The Morgan fingerprint density at radius 3 is 1.81 bits per heavy atom. The Hall–Kier alpha value is -4.54. The van der Waals surface area contributed by atoms with E-state index in [1.54, 1.807) is 30.3 Å². The highest BCUT2D eigenvalue weighted by Gasteiger charge is 2.39. The van der Waals surface area contributed by atoms with Crippen molar-refractivity contribution < 1.29 is 35.8 Å². The first-order valence-corrected chi connectivity index (χ1v) is 12.7. The molecule has 5 rings (SSSR count). The first kappa shape index (κ1) is 29.0. The maximum Gasteiger partial charge on any atom is 0.416 e. The lowest BCUT2D eigenvalue weighted by Crippen LogP contribution is -2.20. The van der Waals surface area contributed by atoms with Crippen molar-refractivity contribution in [3.63, 3.8) is 0 Å². The molecular formula is C31H25F6N3O2. The monoisotopic (exact) mass is 585 g/mol. The van der Waals surface area contributed by atoms with Crippen LogP contribution in [0.15, 0.2) is 60.7 Å². The Morgan fingerprint density at radius 2 is 1.24 bits per heavy atom. The summed E-state index contributed by atoms with van der Waals surface area (Å²) in [6.45, 7) is 5.85. The van der Waals surface area contributed by atoms with Gasteiger partial charge in [0.2, 0.25) is 0 Å². The van der Waals surface area contributed by atoms with Crippen molar-refractivity contribution in [3.05, 3.63) is 88.5 Å². The summed E-state index contributed by atoms with van der Waals surface area (Å²) in [5, 5.41) is 20.5. The molecule has 0 aromatic heterocycles. The molecule has 218 valence electrons. The zero-order chi connectivity index (χ0) is 30.8. The third-order valence-electron chi connectivity index (χ3n) is 7.01. The number of amidine groups is 2. The minimum atomic E-state index is -5.10. The molecule has 0 radical (unpaired) electrons. The van der Waals surface area contributed by atoms with Gasteiger partial charge in [0.05, 0.1) is 18.2 Å². The SMILES string of the molecule is COc1cccc(Oc2c(-c3cc(C(F)(F)F)cc(C(F)(F)F)c3)c3c(c4ccc(C(C)(C)C)cc24)C(=N)NC3=N)c1. The van der Waals surface area contributed by atoms with E-state index in [1.807, 2.05) is 26.8 Å². The van der Waals surface area contributed by atoms with E-state index in [0.717, 1.165) is 5.56 Å². The minimum Gasteiger partial charge on any atom is -0.497 e. The highest BCUT2D eigenvalue weighted by Crippen LogP contribution is 2.49. The van der Waals surface area contributed by atoms with Crippen LogP contribution < -0.4 is 14.8 Å². The van der Waals surface area contributed by atoms with Crippen LogP contribution in [-0.2, 0) is 17.8 Å². The lowest BCUT2D eigenvalue weighted by atomic mass is 9.83. The molecule has 42 heavy (non-hydrogen) atoms. The normalized spacial score (nSPS) is 13.8. The summed E-state index contributed by atoms with van der Waals surface area (Å²) in [6.07, 6.45) is -10.2. The first-order valence-electron chi connectivity index (χ1n) is 12.7. The molecule has 0 saturated carbocycles. The quantitative estimate of drug-likeness (QED) is 0.209. The van der Waals surface area contributed by atoms with Gasteiger partial charge in [-0.25, -0.2) is 0 Å². The van der Waals surface area contributed by atoms with Gasteiger partial charge in [0.15, 0.2) is 0 Å². The van der Waals surface area contributed by atoms with Crippen molar-refractivity contribution in [2.75, 3.05) is 7.11 Å². The van der Waals surface area contributed by atoms with E-state index >= 15 is 0 Å². The fourth-order valence-electron chi connectivity index (χ4n) is 4.95. The fraction of sp³-hybridized carbons (Fsp3) is 0.226. The predicted octanol–water partition coefficient (Wildman–Crippen LogP) is 8.90. The lowest BCUT2D eigenvalue weighted by molar-refractivity contribution is -0.143. The van der Waals surface area contributed by atoms with Gasteiger partial charge in [-0.1, -0.05) is 39.0 Å². The summed E-state index contributed by atoms with van der Waals surface area (Å²) < 4.78 is 95.2. The minimum absolute atomic E-state index is 0.0404. The van der Waals surface area contributed by atoms with Crippen molar-refractivity contribution in [3.8, 4) is 28.4 Å². The molecule has 0 atom stereocenters.